The van der Waals surface area contributed by atoms with E-state index in [0.29, 0.717) is 12.0 Å². The molecule has 1 aliphatic rings. The Morgan fingerprint density at radius 2 is 2.24 bits per heavy atom. The van der Waals surface area contributed by atoms with Gasteiger partial charge in [0.15, 0.2) is 0 Å². The highest BCUT2D eigenvalue weighted by atomic mass is 79.9. The van der Waals surface area contributed by atoms with Crippen molar-refractivity contribution in [1.29, 1.82) is 0 Å². The lowest BCUT2D eigenvalue weighted by Crippen LogP contribution is -2.44. The van der Waals surface area contributed by atoms with Crippen LogP contribution in [0.15, 0.2) is 21.2 Å². The summed E-state index contributed by atoms with van der Waals surface area (Å²) in [4.78, 5) is 6.87. The summed E-state index contributed by atoms with van der Waals surface area (Å²) in [5.74, 6) is 1.61. The van der Waals surface area contributed by atoms with Gasteiger partial charge in [0.05, 0.1) is 4.47 Å². The zero-order valence-electron chi connectivity index (χ0n) is 9.87. The normalized spacial score (nSPS) is 25.1. The summed E-state index contributed by atoms with van der Waals surface area (Å²) < 4.78 is 2.03. The van der Waals surface area contributed by atoms with Crippen LogP contribution in [-0.4, -0.2) is 24.1 Å². The molecule has 1 aliphatic heterocycles. The second-order valence-corrected chi connectivity index (χ2v) is 6.41. The minimum absolute atomic E-state index is 0.530. The molecule has 0 radical (unpaired) electrons. The summed E-state index contributed by atoms with van der Waals surface area (Å²) in [5.41, 5.74) is 5.78. The van der Waals surface area contributed by atoms with Gasteiger partial charge in [-0.1, -0.05) is 0 Å². The smallest absolute Gasteiger partial charge is 0.143 e. The van der Waals surface area contributed by atoms with Gasteiger partial charge in [0.25, 0.3) is 0 Å². The van der Waals surface area contributed by atoms with Crippen LogP contribution >= 0.6 is 31.9 Å². The highest BCUT2D eigenvalue weighted by Gasteiger charge is 2.26. The topological polar surface area (TPSA) is 42.1 Å². The van der Waals surface area contributed by atoms with Crippen LogP contribution in [0.5, 0.6) is 0 Å². The lowest BCUT2D eigenvalue weighted by molar-refractivity contribution is 0.371. The quantitative estimate of drug-likeness (QED) is 0.878. The number of pyridine rings is 1. The molecule has 0 saturated carbocycles. The van der Waals surface area contributed by atoms with Gasteiger partial charge in [-0.3, -0.25) is 0 Å². The first-order valence-corrected chi connectivity index (χ1v) is 7.48. The van der Waals surface area contributed by atoms with E-state index in [-0.39, 0.29) is 0 Å². The second kappa shape index (κ2) is 5.67. The largest absolute Gasteiger partial charge is 0.353 e. The molecule has 2 rings (SSSR count). The minimum Gasteiger partial charge on any atom is -0.353 e. The number of hydrogen-bond acceptors (Lipinski definition) is 3. The first-order valence-electron chi connectivity index (χ1n) is 5.89. The Balaban J connectivity index is 2.24. The fraction of sp³-hybridized carbons (Fsp3) is 0.583. The fourth-order valence-corrected chi connectivity index (χ4v) is 3.50. The molecular formula is C12H17Br2N3. The van der Waals surface area contributed by atoms with Crippen LogP contribution in [-0.2, 0) is 0 Å². The molecule has 2 unspecified atom stereocenters. The third kappa shape index (κ3) is 3.01. The van der Waals surface area contributed by atoms with Gasteiger partial charge in [-0.25, -0.2) is 4.98 Å². The average molecular weight is 363 g/mol. The average Bonchev–Trinajstić information content (AvgIpc) is 2.30. The van der Waals surface area contributed by atoms with Gasteiger partial charge in [0.2, 0.25) is 0 Å². The van der Waals surface area contributed by atoms with Crippen LogP contribution in [0.3, 0.4) is 0 Å². The molecule has 2 atom stereocenters. The molecule has 0 aliphatic carbocycles. The van der Waals surface area contributed by atoms with Gasteiger partial charge in [0, 0.05) is 23.3 Å². The molecular weight excluding hydrogens is 346 g/mol. The molecule has 1 aromatic rings. The van der Waals surface area contributed by atoms with E-state index in [4.69, 9.17) is 5.73 Å². The summed E-state index contributed by atoms with van der Waals surface area (Å²) >= 11 is 7.02. The van der Waals surface area contributed by atoms with E-state index < -0.39 is 0 Å². The molecule has 1 saturated heterocycles. The molecule has 2 N–H and O–H groups in total. The van der Waals surface area contributed by atoms with E-state index in [1.165, 1.54) is 12.8 Å². The van der Waals surface area contributed by atoms with Crippen molar-refractivity contribution in [3.8, 4) is 0 Å². The number of nitrogens with two attached hydrogens (primary N) is 1. The van der Waals surface area contributed by atoms with Crippen LogP contribution in [0.1, 0.15) is 19.8 Å². The van der Waals surface area contributed by atoms with Gasteiger partial charge in [-0.15, -0.1) is 0 Å². The van der Waals surface area contributed by atoms with E-state index in [1.54, 1.807) is 0 Å². The first-order chi connectivity index (χ1) is 8.11. The monoisotopic (exact) mass is 361 g/mol. The second-order valence-electron chi connectivity index (χ2n) is 4.64. The van der Waals surface area contributed by atoms with Crippen LogP contribution in [0, 0.1) is 5.92 Å². The Kier molecular flexibility index (Phi) is 4.44. The zero-order chi connectivity index (χ0) is 12.4. The number of anilines is 1. The summed E-state index contributed by atoms with van der Waals surface area (Å²) in [6, 6.07) is 2.57. The van der Waals surface area contributed by atoms with Crippen molar-refractivity contribution in [2.45, 2.75) is 25.8 Å². The summed E-state index contributed by atoms with van der Waals surface area (Å²) in [7, 11) is 0. The number of nitrogens with zero attached hydrogens (tertiary/aromatic N) is 2. The van der Waals surface area contributed by atoms with Crippen LogP contribution in [0.4, 0.5) is 5.82 Å². The van der Waals surface area contributed by atoms with Crippen LogP contribution in [0.2, 0.25) is 0 Å². The van der Waals surface area contributed by atoms with Gasteiger partial charge in [0.1, 0.15) is 5.82 Å². The van der Waals surface area contributed by atoms with E-state index in [0.717, 1.165) is 27.9 Å². The Hall–Kier alpha value is -0.130. The highest BCUT2D eigenvalue weighted by Crippen LogP contribution is 2.32. The number of halogens is 2. The predicted molar refractivity (Wildman–Crippen MR) is 78.2 cm³/mol. The SMILES string of the molecule is CC1CCC(CN)CN1c1ncc(Br)cc1Br. The van der Waals surface area contributed by atoms with Gasteiger partial charge >= 0.3 is 0 Å². The highest BCUT2D eigenvalue weighted by molar-refractivity contribution is 9.11. The van der Waals surface area contributed by atoms with E-state index in [2.05, 4.69) is 48.7 Å². The fourth-order valence-electron chi connectivity index (χ4n) is 2.29. The Morgan fingerprint density at radius 1 is 1.47 bits per heavy atom. The maximum atomic E-state index is 5.78. The van der Waals surface area contributed by atoms with E-state index in [9.17, 15) is 0 Å². The molecule has 5 heteroatoms. The summed E-state index contributed by atoms with van der Waals surface area (Å²) in [6.45, 7) is 4.02. The Morgan fingerprint density at radius 3 is 2.88 bits per heavy atom. The number of aromatic nitrogens is 1. The van der Waals surface area contributed by atoms with Gasteiger partial charge in [-0.05, 0) is 70.2 Å². The molecule has 0 bridgehead atoms. The number of rotatable bonds is 2. The van der Waals surface area contributed by atoms with Crippen molar-refractivity contribution in [3.63, 3.8) is 0 Å². The lowest BCUT2D eigenvalue weighted by Gasteiger charge is -2.39. The van der Waals surface area contributed by atoms with Crippen LogP contribution < -0.4 is 10.6 Å². The zero-order valence-corrected chi connectivity index (χ0v) is 13.0. The van der Waals surface area contributed by atoms with Crippen molar-refractivity contribution < 1.29 is 0 Å². The van der Waals surface area contributed by atoms with Crippen molar-refractivity contribution in [1.82, 2.24) is 4.98 Å². The van der Waals surface area contributed by atoms with E-state index in [1.807, 2.05) is 12.3 Å². The molecule has 0 spiro atoms. The maximum absolute atomic E-state index is 5.78. The third-order valence-electron chi connectivity index (χ3n) is 3.37. The van der Waals surface area contributed by atoms with Crippen molar-refractivity contribution in [2.24, 2.45) is 11.7 Å². The molecule has 1 fully saturated rings. The summed E-state index contributed by atoms with van der Waals surface area (Å²) in [5, 5.41) is 0. The molecule has 1 aromatic heterocycles. The first kappa shape index (κ1) is 13.3. The molecule has 17 heavy (non-hydrogen) atoms. The van der Waals surface area contributed by atoms with Crippen molar-refractivity contribution in [3.05, 3.63) is 21.2 Å². The number of piperidine rings is 1. The molecule has 0 aromatic carbocycles. The lowest BCUT2D eigenvalue weighted by atomic mass is 9.93. The maximum Gasteiger partial charge on any atom is 0.143 e. The van der Waals surface area contributed by atoms with Gasteiger partial charge in [-0.2, -0.15) is 0 Å². The molecule has 0 amide bonds. The van der Waals surface area contributed by atoms with Crippen LogP contribution in [0.25, 0.3) is 0 Å². The minimum atomic E-state index is 0.530. The third-order valence-corrected chi connectivity index (χ3v) is 4.39. The molecule has 3 nitrogen and oxygen atoms in total. The van der Waals surface area contributed by atoms with Crippen molar-refractivity contribution >= 4 is 37.7 Å². The predicted octanol–water partition coefficient (Wildman–Crippen LogP) is 3.17. The number of hydrogen-bond donors (Lipinski definition) is 1. The Labute approximate surface area is 119 Å². The molecule has 2 heterocycles. The van der Waals surface area contributed by atoms with Gasteiger partial charge < -0.3 is 10.6 Å². The molecule has 94 valence electrons. The Bertz CT molecular complexity index is 397. The van der Waals surface area contributed by atoms with Crippen molar-refractivity contribution in [2.75, 3.05) is 18.0 Å². The summed E-state index contributed by atoms with van der Waals surface area (Å²) in [6.07, 6.45) is 4.26. The van der Waals surface area contributed by atoms with E-state index >= 15 is 0 Å². The standard InChI is InChI=1S/C12H17Br2N3/c1-8-2-3-9(5-15)7-17(8)12-11(14)4-10(13)6-16-12/h4,6,8-9H,2-3,5,7,15H2,1H3.